The number of aliphatic carboxylic acids is 1. The fourth-order valence-corrected chi connectivity index (χ4v) is 2.66. The number of carbonyl (C=O) groups excluding carboxylic acids is 2. The molecule has 1 aromatic heterocycles. The van der Waals surface area contributed by atoms with Gasteiger partial charge in [0.1, 0.15) is 11.3 Å². The molecule has 1 amide bonds. The molecule has 2 rings (SSSR count). The van der Waals surface area contributed by atoms with E-state index in [1.54, 1.807) is 26.0 Å². The molecule has 7 nitrogen and oxygen atoms in total. The molecule has 0 saturated heterocycles. The molecular formula is C18H20NO6-. The molecule has 0 saturated carbocycles. The molecule has 0 aliphatic heterocycles. The van der Waals surface area contributed by atoms with E-state index in [0.29, 0.717) is 23.1 Å². The second-order valence-corrected chi connectivity index (χ2v) is 5.90. The number of rotatable bonds is 7. The number of amides is 1. The van der Waals surface area contributed by atoms with Crippen LogP contribution in [0, 0.1) is 13.8 Å². The average molecular weight is 346 g/mol. The first-order chi connectivity index (χ1) is 11.8. The van der Waals surface area contributed by atoms with E-state index in [0.717, 1.165) is 10.9 Å². The van der Waals surface area contributed by atoms with Gasteiger partial charge in [0.05, 0.1) is 0 Å². The molecule has 0 unspecified atom stereocenters. The van der Waals surface area contributed by atoms with Crippen LogP contribution in [0.1, 0.15) is 36.0 Å². The minimum atomic E-state index is -1.15. The summed E-state index contributed by atoms with van der Waals surface area (Å²) in [5.74, 6) is -1.36. The molecule has 2 aromatic rings. The Morgan fingerprint density at radius 1 is 1.20 bits per heavy atom. The van der Waals surface area contributed by atoms with Crippen LogP contribution >= 0.6 is 0 Å². The van der Waals surface area contributed by atoms with Crippen molar-refractivity contribution in [3.63, 3.8) is 0 Å². The highest BCUT2D eigenvalue weighted by Crippen LogP contribution is 2.28. The van der Waals surface area contributed by atoms with Crippen LogP contribution in [0.4, 0.5) is 0 Å². The summed E-state index contributed by atoms with van der Waals surface area (Å²) in [6, 6.07) is 3.22. The molecule has 134 valence electrons. The number of aromatic hydroxyl groups is 1. The van der Waals surface area contributed by atoms with Crippen molar-refractivity contribution in [3.8, 4) is 5.75 Å². The standard InChI is InChI=1S/C18H21NO6/c1-10-12-5-7-14(20)11(2)17(12)25-18(24)13(10)6-8-15(21)19-9-3-4-16(22)23/h5,7,20H,3-4,6,8-9H2,1-2H3,(H,19,21)(H,22,23)/p-1. The van der Waals surface area contributed by atoms with E-state index >= 15 is 0 Å². The van der Waals surface area contributed by atoms with Crippen molar-refractivity contribution in [3.05, 3.63) is 39.2 Å². The lowest BCUT2D eigenvalue weighted by atomic mass is 10.0. The van der Waals surface area contributed by atoms with E-state index in [-0.39, 0.29) is 37.5 Å². The quantitative estimate of drug-likeness (QED) is 0.562. The Morgan fingerprint density at radius 3 is 2.60 bits per heavy atom. The zero-order chi connectivity index (χ0) is 18.6. The lowest BCUT2D eigenvalue weighted by molar-refractivity contribution is -0.305. The molecule has 1 heterocycles. The summed E-state index contributed by atoms with van der Waals surface area (Å²) in [5.41, 5.74) is 1.46. The summed E-state index contributed by atoms with van der Waals surface area (Å²) >= 11 is 0. The predicted molar refractivity (Wildman–Crippen MR) is 89.2 cm³/mol. The lowest BCUT2D eigenvalue weighted by Crippen LogP contribution is -2.28. The normalized spacial score (nSPS) is 10.8. The van der Waals surface area contributed by atoms with Gasteiger partial charge in [0.2, 0.25) is 5.91 Å². The molecule has 0 atom stereocenters. The van der Waals surface area contributed by atoms with Gasteiger partial charge in [-0.15, -0.1) is 0 Å². The number of nitrogens with one attached hydrogen (secondary N) is 1. The average Bonchev–Trinajstić information content (AvgIpc) is 2.55. The van der Waals surface area contributed by atoms with Crippen LogP contribution in [0.25, 0.3) is 11.0 Å². The summed E-state index contributed by atoms with van der Waals surface area (Å²) in [4.78, 5) is 34.3. The van der Waals surface area contributed by atoms with E-state index in [4.69, 9.17) is 4.42 Å². The molecule has 0 aliphatic carbocycles. The Labute approximate surface area is 144 Å². The van der Waals surface area contributed by atoms with Crippen LogP contribution in [-0.2, 0) is 16.0 Å². The number of benzene rings is 1. The van der Waals surface area contributed by atoms with Crippen LogP contribution in [0.3, 0.4) is 0 Å². The maximum absolute atomic E-state index is 12.2. The molecule has 25 heavy (non-hydrogen) atoms. The van der Waals surface area contributed by atoms with E-state index in [1.807, 2.05) is 0 Å². The van der Waals surface area contributed by atoms with Crippen molar-refractivity contribution in [2.75, 3.05) is 6.54 Å². The summed E-state index contributed by atoms with van der Waals surface area (Å²) in [5, 5.41) is 23.3. The maximum Gasteiger partial charge on any atom is 0.339 e. The third-order valence-electron chi connectivity index (χ3n) is 4.16. The highest BCUT2D eigenvalue weighted by Gasteiger charge is 2.15. The second-order valence-electron chi connectivity index (χ2n) is 5.90. The molecule has 0 bridgehead atoms. The molecule has 2 N–H and O–H groups in total. The summed E-state index contributed by atoms with van der Waals surface area (Å²) in [7, 11) is 0. The Morgan fingerprint density at radius 2 is 1.92 bits per heavy atom. The molecular weight excluding hydrogens is 326 g/mol. The van der Waals surface area contributed by atoms with Crippen LogP contribution in [0.2, 0.25) is 0 Å². The van der Waals surface area contributed by atoms with Gasteiger partial charge in [0.25, 0.3) is 0 Å². The monoisotopic (exact) mass is 346 g/mol. The number of hydrogen-bond donors (Lipinski definition) is 2. The Bertz CT molecular complexity index is 868. The smallest absolute Gasteiger partial charge is 0.339 e. The van der Waals surface area contributed by atoms with Gasteiger partial charge in [0.15, 0.2) is 0 Å². The number of hydrogen-bond acceptors (Lipinski definition) is 6. The van der Waals surface area contributed by atoms with E-state index in [2.05, 4.69) is 5.32 Å². The topological polar surface area (TPSA) is 120 Å². The molecule has 0 fully saturated rings. The van der Waals surface area contributed by atoms with Gasteiger partial charge in [-0.25, -0.2) is 4.79 Å². The molecule has 0 spiro atoms. The summed E-state index contributed by atoms with van der Waals surface area (Å²) < 4.78 is 5.32. The number of carboxylic acids is 1. The summed E-state index contributed by atoms with van der Waals surface area (Å²) in [6.45, 7) is 3.69. The largest absolute Gasteiger partial charge is 0.550 e. The number of carboxylic acid groups (broad SMARTS) is 1. The zero-order valence-corrected chi connectivity index (χ0v) is 14.2. The third kappa shape index (κ3) is 4.37. The minimum Gasteiger partial charge on any atom is -0.550 e. The van der Waals surface area contributed by atoms with Crippen LogP contribution in [0.5, 0.6) is 5.75 Å². The minimum absolute atomic E-state index is 0.0544. The third-order valence-corrected chi connectivity index (χ3v) is 4.16. The maximum atomic E-state index is 12.2. The Balaban J connectivity index is 2.09. The fraction of sp³-hybridized carbons (Fsp3) is 0.389. The van der Waals surface area contributed by atoms with Gasteiger partial charge >= 0.3 is 5.63 Å². The van der Waals surface area contributed by atoms with Gasteiger partial charge in [-0.1, -0.05) is 0 Å². The van der Waals surface area contributed by atoms with Crippen molar-refractivity contribution in [1.82, 2.24) is 5.32 Å². The number of fused-ring (bicyclic) bond motifs is 1. The Kier molecular flexibility index (Phi) is 5.80. The molecule has 0 aliphatic rings. The molecule has 1 aromatic carbocycles. The van der Waals surface area contributed by atoms with Crippen LogP contribution in [-0.4, -0.2) is 23.5 Å². The summed E-state index contributed by atoms with van der Waals surface area (Å²) in [6.07, 6.45) is 0.504. The van der Waals surface area contributed by atoms with Crippen molar-refractivity contribution in [1.29, 1.82) is 0 Å². The van der Waals surface area contributed by atoms with Crippen LogP contribution in [0.15, 0.2) is 21.3 Å². The first-order valence-corrected chi connectivity index (χ1v) is 8.02. The predicted octanol–water partition coefficient (Wildman–Crippen LogP) is 0.694. The van der Waals surface area contributed by atoms with Gasteiger partial charge in [-0.2, -0.15) is 0 Å². The highest BCUT2D eigenvalue weighted by atomic mass is 16.4. The molecule has 0 radical (unpaired) electrons. The number of carbonyl (C=O) groups is 2. The number of aryl methyl sites for hydroxylation is 2. The Hall–Kier alpha value is -2.83. The van der Waals surface area contributed by atoms with E-state index < -0.39 is 11.6 Å². The first-order valence-electron chi connectivity index (χ1n) is 8.02. The molecule has 7 heteroatoms. The van der Waals surface area contributed by atoms with Crippen molar-refractivity contribution >= 4 is 22.8 Å². The highest BCUT2D eigenvalue weighted by molar-refractivity contribution is 5.85. The SMILES string of the molecule is Cc1c(CCC(=O)NCCCC(=O)[O-])c(=O)oc2c(C)c(O)ccc12. The lowest BCUT2D eigenvalue weighted by Gasteiger charge is -2.10. The second kappa shape index (κ2) is 7.83. The van der Waals surface area contributed by atoms with Gasteiger partial charge in [0, 0.05) is 35.4 Å². The number of phenols is 1. The van der Waals surface area contributed by atoms with Crippen molar-refractivity contribution in [2.45, 2.75) is 39.5 Å². The first kappa shape index (κ1) is 18.5. The van der Waals surface area contributed by atoms with Gasteiger partial charge in [-0.3, -0.25) is 4.79 Å². The van der Waals surface area contributed by atoms with Gasteiger partial charge in [-0.05, 0) is 50.8 Å². The van der Waals surface area contributed by atoms with Gasteiger partial charge < -0.3 is 24.7 Å². The van der Waals surface area contributed by atoms with Crippen molar-refractivity contribution in [2.24, 2.45) is 0 Å². The van der Waals surface area contributed by atoms with E-state index in [1.165, 1.54) is 0 Å². The van der Waals surface area contributed by atoms with E-state index in [9.17, 15) is 24.6 Å². The zero-order valence-electron chi connectivity index (χ0n) is 14.2. The fourth-order valence-electron chi connectivity index (χ4n) is 2.66. The van der Waals surface area contributed by atoms with Crippen LogP contribution < -0.4 is 16.0 Å². The van der Waals surface area contributed by atoms with Crippen molar-refractivity contribution < 1.29 is 24.2 Å². The number of phenolic OH excluding ortho intramolecular Hbond substituents is 1.